The van der Waals surface area contributed by atoms with Crippen molar-refractivity contribution in [2.75, 3.05) is 43.0 Å². The van der Waals surface area contributed by atoms with E-state index >= 15 is 0 Å². The van der Waals surface area contributed by atoms with Gasteiger partial charge < -0.3 is 19.9 Å². The normalized spacial score (nSPS) is 20.6. The third-order valence-electron chi connectivity index (χ3n) is 5.83. The number of rotatable bonds is 8. The first kappa shape index (κ1) is 20.4. The lowest BCUT2D eigenvalue weighted by atomic mass is 10.1. The van der Waals surface area contributed by atoms with Crippen LogP contribution in [0, 0.1) is 0 Å². The Morgan fingerprint density at radius 1 is 1.14 bits per heavy atom. The van der Waals surface area contributed by atoms with Crippen LogP contribution in [0.3, 0.4) is 0 Å². The number of thiophene rings is 1. The molecule has 2 aromatic rings. The van der Waals surface area contributed by atoms with Crippen LogP contribution in [0.15, 0.2) is 41.8 Å². The van der Waals surface area contributed by atoms with Crippen LogP contribution < -0.4 is 15.1 Å². The molecule has 0 spiro atoms. The van der Waals surface area contributed by atoms with Crippen LogP contribution in [-0.4, -0.2) is 44.8 Å². The summed E-state index contributed by atoms with van der Waals surface area (Å²) in [7, 11) is 0. The molecule has 5 nitrogen and oxygen atoms in total. The van der Waals surface area contributed by atoms with Gasteiger partial charge in [0.15, 0.2) is 6.54 Å². The van der Waals surface area contributed by atoms with Gasteiger partial charge in [-0.2, -0.15) is 0 Å². The van der Waals surface area contributed by atoms with Crippen LogP contribution in [0.2, 0.25) is 0 Å². The molecule has 0 radical (unpaired) electrons. The summed E-state index contributed by atoms with van der Waals surface area (Å²) >= 11 is 1.76. The van der Waals surface area contributed by atoms with Crippen LogP contribution in [0.4, 0.5) is 11.4 Å². The second kappa shape index (κ2) is 10.2. The molecule has 29 heavy (non-hydrogen) atoms. The highest BCUT2D eigenvalue weighted by Gasteiger charge is 2.24. The summed E-state index contributed by atoms with van der Waals surface area (Å²) in [4.78, 5) is 17.7. The van der Waals surface area contributed by atoms with Crippen molar-refractivity contribution in [3.05, 3.63) is 46.7 Å². The number of ether oxygens (including phenoxy) is 1. The quantitative estimate of drug-likeness (QED) is 0.698. The Hall–Kier alpha value is -1.89. The second-order valence-corrected chi connectivity index (χ2v) is 9.20. The molecule has 3 heterocycles. The molecule has 2 fully saturated rings. The lowest BCUT2D eigenvalue weighted by Gasteiger charge is -2.28. The molecule has 6 heteroatoms. The van der Waals surface area contributed by atoms with Crippen molar-refractivity contribution in [3.8, 4) is 0 Å². The zero-order chi connectivity index (χ0) is 19.9. The van der Waals surface area contributed by atoms with E-state index in [0.717, 1.165) is 51.3 Å². The van der Waals surface area contributed by atoms with E-state index in [0.29, 0.717) is 6.54 Å². The van der Waals surface area contributed by atoms with Gasteiger partial charge in [-0.05, 0) is 67.8 Å². The number of benzene rings is 1. The molecule has 1 amide bonds. The average Bonchev–Trinajstić information content (AvgIpc) is 3.43. The van der Waals surface area contributed by atoms with Gasteiger partial charge in [0.1, 0.15) is 19.2 Å². The van der Waals surface area contributed by atoms with Crippen molar-refractivity contribution < 1.29 is 14.4 Å². The number of hydrogen-bond acceptors (Lipinski definition) is 4. The standard InChI is InChI=1S/C23H31N3O2S/c27-23(24-19-8-10-20(11-9-19)26-12-2-1-3-13-26)18-25(16-21-6-4-14-28-21)17-22-7-5-15-29-22/h5,7-11,15,21H,1-4,6,12-14,16-18H2,(H,24,27)/p+1/t21-/m1/s1. The van der Waals surface area contributed by atoms with E-state index in [1.54, 1.807) is 11.3 Å². The minimum Gasteiger partial charge on any atom is -0.372 e. The van der Waals surface area contributed by atoms with Crippen LogP contribution in [0.25, 0.3) is 0 Å². The summed E-state index contributed by atoms with van der Waals surface area (Å²) in [5.41, 5.74) is 2.13. The first-order chi connectivity index (χ1) is 14.3. The second-order valence-electron chi connectivity index (χ2n) is 8.16. The van der Waals surface area contributed by atoms with Gasteiger partial charge >= 0.3 is 0 Å². The summed E-state index contributed by atoms with van der Waals surface area (Å²) in [5, 5.41) is 5.19. The van der Waals surface area contributed by atoms with E-state index in [1.165, 1.54) is 34.7 Å². The molecule has 156 valence electrons. The third kappa shape index (κ3) is 6.04. The molecule has 0 saturated carbocycles. The van der Waals surface area contributed by atoms with Gasteiger partial charge in [0.05, 0.1) is 4.88 Å². The Labute approximate surface area is 177 Å². The summed E-state index contributed by atoms with van der Waals surface area (Å²) < 4.78 is 5.82. The average molecular weight is 415 g/mol. The predicted molar refractivity (Wildman–Crippen MR) is 119 cm³/mol. The first-order valence-corrected chi connectivity index (χ1v) is 11.8. The number of amides is 1. The predicted octanol–water partition coefficient (Wildman–Crippen LogP) is 2.94. The number of piperidine rings is 1. The Morgan fingerprint density at radius 3 is 2.66 bits per heavy atom. The van der Waals surface area contributed by atoms with Gasteiger partial charge in [-0.25, -0.2) is 0 Å². The monoisotopic (exact) mass is 414 g/mol. The van der Waals surface area contributed by atoms with E-state index in [2.05, 4.69) is 39.9 Å². The Morgan fingerprint density at radius 2 is 1.97 bits per heavy atom. The van der Waals surface area contributed by atoms with Crippen LogP contribution in [-0.2, 0) is 16.1 Å². The Bertz CT molecular complexity index is 751. The molecule has 1 aromatic heterocycles. The summed E-state index contributed by atoms with van der Waals surface area (Å²) in [6, 6.07) is 12.5. The van der Waals surface area contributed by atoms with Gasteiger partial charge in [-0.3, -0.25) is 4.79 Å². The number of anilines is 2. The molecule has 2 N–H and O–H groups in total. The third-order valence-corrected chi connectivity index (χ3v) is 6.70. The number of quaternary nitrogens is 1. The van der Waals surface area contributed by atoms with E-state index in [9.17, 15) is 4.79 Å². The van der Waals surface area contributed by atoms with Crippen molar-refractivity contribution in [2.45, 2.75) is 44.8 Å². The fourth-order valence-electron chi connectivity index (χ4n) is 4.33. The first-order valence-electron chi connectivity index (χ1n) is 10.9. The number of nitrogens with zero attached hydrogens (tertiary/aromatic N) is 1. The lowest BCUT2D eigenvalue weighted by molar-refractivity contribution is -0.908. The largest absolute Gasteiger partial charge is 0.372 e. The van der Waals surface area contributed by atoms with Gasteiger partial charge in [-0.1, -0.05) is 6.07 Å². The van der Waals surface area contributed by atoms with Crippen molar-refractivity contribution in [3.63, 3.8) is 0 Å². The summed E-state index contributed by atoms with van der Waals surface area (Å²) in [6.45, 7) is 5.35. The summed E-state index contributed by atoms with van der Waals surface area (Å²) in [6.07, 6.45) is 6.39. The maximum Gasteiger partial charge on any atom is 0.279 e. The van der Waals surface area contributed by atoms with Crippen molar-refractivity contribution in [1.82, 2.24) is 0 Å². The fourth-order valence-corrected chi connectivity index (χ4v) is 5.11. The molecule has 0 aliphatic carbocycles. The van der Waals surface area contributed by atoms with E-state index < -0.39 is 0 Å². The highest BCUT2D eigenvalue weighted by Crippen LogP contribution is 2.21. The zero-order valence-electron chi connectivity index (χ0n) is 17.1. The van der Waals surface area contributed by atoms with E-state index in [1.807, 2.05) is 12.1 Å². The van der Waals surface area contributed by atoms with Crippen molar-refractivity contribution >= 4 is 28.6 Å². The zero-order valence-corrected chi connectivity index (χ0v) is 17.9. The number of nitrogens with one attached hydrogen (secondary N) is 2. The minimum atomic E-state index is 0.0697. The molecular formula is C23H32N3O2S+. The van der Waals surface area contributed by atoms with E-state index in [4.69, 9.17) is 4.74 Å². The van der Waals surface area contributed by atoms with Gasteiger partial charge in [0, 0.05) is 31.1 Å². The number of hydrogen-bond donors (Lipinski definition) is 2. The molecule has 2 aliphatic heterocycles. The highest BCUT2D eigenvalue weighted by molar-refractivity contribution is 7.09. The Kier molecular flexibility index (Phi) is 7.19. The highest BCUT2D eigenvalue weighted by atomic mass is 32.1. The molecule has 1 unspecified atom stereocenters. The Balaban J connectivity index is 1.32. The van der Waals surface area contributed by atoms with Crippen molar-refractivity contribution in [1.29, 1.82) is 0 Å². The van der Waals surface area contributed by atoms with Gasteiger partial charge in [0.2, 0.25) is 0 Å². The molecule has 2 aliphatic rings. The number of carbonyl (C=O) groups excluding carboxylic acids is 1. The topological polar surface area (TPSA) is 46.0 Å². The maximum absolute atomic E-state index is 12.7. The lowest BCUT2D eigenvalue weighted by Crippen LogP contribution is -3.12. The molecule has 2 atom stereocenters. The van der Waals surface area contributed by atoms with Crippen LogP contribution in [0.1, 0.15) is 37.0 Å². The molecule has 2 saturated heterocycles. The van der Waals surface area contributed by atoms with Gasteiger partial charge in [-0.15, -0.1) is 11.3 Å². The van der Waals surface area contributed by atoms with E-state index in [-0.39, 0.29) is 12.0 Å². The van der Waals surface area contributed by atoms with Crippen LogP contribution in [0.5, 0.6) is 0 Å². The smallest absolute Gasteiger partial charge is 0.279 e. The molecule has 1 aromatic carbocycles. The molecular weight excluding hydrogens is 382 g/mol. The summed E-state index contributed by atoms with van der Waals surface area (Å²) in [5.74, 6) is 0.0697. The molecule has 4 rings (SSSR count). The van der Waals surface area contributed by atoms with Gasteiger partial charge in [0.25, 0.3) is 5.91 Å². The maximum atomic E-state index is 12.7. The minimum absolute atomic E-state index is 0.0697. The SMILES string of the molecule is O=C(C[NH+](Cc1cccs1)C[C@H]1CCCO1)Nc1ccc(N2CCCCC2)cc1. The number of carbonyl (C=O) groups is 1. The molecule has 0 bridgehead atoms. The fraction of sp³-hybridized carbons (Fsp3) is 0.522. The van der Waals surface area contributed by atoms with Crippen LogP contribution >= 0.6 is 11.3 Å². The van der Waals surface area contributed by atoms with Crippen molar-refractivity contribution in [2.24, 2.45) is 0 Å².